The average Bonchev–Trinajstić information content (AvgIpc) is 2.60. The average molecular weight is 238 g/mol. The fourth-order valence-electron chi connectivity index (χ4n) is 0.995. The van der Waals surface area contributed by atoms with Crippen molar-refractivity contribution in [3.63, 3.8) is 0 Å². The van der Waals surface area contributed by atoms with Gasteiger partial charge in [0.2, 0.25) is 5.91 Å². The van der Waals surface area contributed by atoms with Crippen LogP contribution in [0.4, 0.5) is 0 Å². The Morgan fingerprint density at radius 1 is 1.35 bits per heavy atom. The van der Waals surface area contributed by atoms with Gasteiger partial charge in [-0.1, -0.05) is 25.3 Å². The molecule has 1 aliphatic heterocycles. The van der Waals surface area contributed by atoms with E-state index < -0.39 is 0 Å². The number of amides is 3. The Balaban J connectivity index is 0. The molecule has 0 spiro atoms. The molecule has 0 aliphatic carbocycles. The molecule has 0 atom stereocenters. The predicted molar refractivity (Wildman–Crippen MR) is 67.1 cm³/mol. The van der Waals surface area contributed by atoms with Gasteiger partial charge >= 0.3 is 0 Å². The van der Waals surface area contributed by atoms with Crippen molar-refractivity contribution in [2.45, 2.75) is 6.92 Å². The second-order valence-electron chi connectivity index (χ2n) is 3.12. The molecule has 1 rings (SSSR count). The second-order valence-corrected chi connectivity index (χ2v) is 3.12. The molecule has 0 aromatic heterocycles. The molecule has 0 saturated heterocycles. The molecule has 0 aromatic rings. The number of hydrogen-bond donors (Lipinski definition) is 1. The molecule has 5 heteroatoms. The first kappa shape index (κ1) is 14.8. The molecule has 1 N–H and O–H groups in total. The third-order valence-electron chi connectivity index (χ3n) is 1.78. The fraction of sp³-hybridized carbons (Fsp3) is 0.250. The van der Waals surface area contributed by atoms with Crippen LogP contribution in [0.3, 0.4) is 0 Å². The number of allylic oxidation sites excluding steroid dienone is 2. The normalized spacial score (nSPS) is 12.9. The molecule has 0 fully saturated rings. The van der Waals surface area contributed by atoms with E-state index in [1.165, 1.54) is 19.1 Å². The maximum absolute atomic E-state index is 11.0. The highest BCUT2D eigenvalue weighted by molar-refractivity contribution is 6.12. The van der Waals surface area contributed by atoms with Crippen LogP contribution >= 0.6 is 0 Å². The van der Waals surface area contributed by atoms with E-state index in [4.69, 9.17) is 0 Å². The van der Waals surface area contributed by atoms with Crippen molar-refractivity contribution in [2.24, 2.45) is 0 Å². The van der Waals surface area contributed by atoms with Crippen LogP contribution in [0.5, 0.6) is 0 Å². The zero-order valence-electron chi connectivity index (χ0n) is 9.81. The Labute approximate surface area is 102 Å². The third kappa shape index (κ3) is 6.09. The summed E-state index contributed by atoms with van der Waals surface area (Å²) in [5, 5.41) is 2.50. The molecule has 1 heterocycles. The van der Waals surface area contributed by atoms with Crippen molar-refractivity contribution < 1.29 is 15.8 Å². The molecule has 0 bridgehead atoms. The van der Waals surface area contributed by atoms with E-state index in [0.717, 1.165) is 4.90 Å². The van der Waals surface area contributed by atoms with E-state index >= 15 is 0 Å². The van der Waals surface area contributed by atoms with Crippen molar-refractivity contribution in [3.8, 4) is 0 Å². The number of carbonyl (C=O) groups excluding carboxylic acids is 3. The summed E-state index contributed by atoms with van der Waals surface area (Å²) in [5.41, 5.74) is 0. The lowest BCUT2D eigenvalue weighted by Crippen LogP contribution is -2.37. The minimum Gasteiger partial charge on any atom is -0.355 e. The topological polar surface area (TPSA) is 66.5 Å². The smallest absolute Gasteiger partial charge is 0.253 e. The zero-order chi connectivity index (χ0) is 13.3. The van der Waals surface area contributed by atoms with Crippen LogP contribution < -0.4 is 5.32 Å². The number of hydrogen-bond acceptors (Lipinski definition) is 3. The molecular weight excluding hydrogens is 220 g/mol. The Bertz CT molecular complexity index is 340. The maximum Gasteiger partial charge on any atom is 0.253 e. The molecule has 5 nitrogen and oxygen atoms in total. The molecule has 0 aromatic carbocycles. The van der Waals surface area contributed by atoms with Crippen LogP contribution in [0.2, 0.25) is 0 Å². The summed E-state index contributed by atoms with van der Waals surface area (Å²) in [6, 6.07) is 0. The van der Waals surface area contributed by atoms with Crippen LogP contribution in [-0.4, -0.2) is 35.7 Å². The van der Waals surface area contributed by atoms with Gasteiger partial charge in [0.1, 0.15) is 0 Å². The lowest BCUT2D eigenvalue weighted by atomic mass is 10.5. The largest absolute Gasteiger partial charge is 0.355 e. The summed E-state index contributed by atoms with van der Waals surface area (Å²) >= 11 is 0. The number of nitrogens with zero attached hydrogens (tertiary/aromatic N) is 1. The number of rotatable bonds is 4. The summed E-state index contributed by atoms with van der Waals surface area (Å²) in [6.45, 7) is 8.63. The van der Waals surface area contributed by atoms with Crippen LogP contribution in [-0.2, 0) is 14.4 Å². The summed E-state index contributed by atoms with van der Waals surface area (Å²) in [7, 11) is 0. The Morgan fingerprint density at radius 3 is 2.18 bits per heavy atom. The van der Waals surface area contributed by atoms with Crippen molar-refractivity contribution in [1.29, 1.82) is 0 Å². The van der Waals surface area contributed by atoms with E-state index in [-0.39, 0.29) is 25.7 Å². The van der Waals surface area contributed by atoms with Gasteiger partial charge in [-0.15, -0.1) is 0 Å². The van der Waals surface area contributed by atoms with E-state index in [9.17, 15) is 14.4 Å². The van der Waals surface area contributed by atoms with Crippen molar-refractivity contribution in [1.82, 2.24) is 10.2 Å². The molecule has 94 valence electrons. The minimum absolute atomic E-state index is 0. The highest BCUT2D eigenvalue weighted by Gasteiger charge is 2.22. The van der Waals surface area contributed by atoms with E-state index in [2.05, 4.69) is 18.5 Å². The van der Waals surface area contributed by atoms with Crippen molar-refractivity contribution in [3.05, 3.63) is 37.5 Å². The van der Waals surface area contributed by atoms with Gasteiger partial charge in [0.05, 0.1) is 0 Å². The Morgan fingerprint density at radius 2 is 1.82 bits per heavy atom. The Kier molecular flexibility index (Phi) is 7.01. The molecule has 3 amide bonds. The summed E-state index contributed by atoms with van der Waals surface area (Å²) in [6.07, 6.45) is 5.71. The highest BCUT2D eigenvalue weighted by Crippen LogP contribution is 2.01. The Hall–Kier alpha value is -2.17. The van der Waals surface area contributed by atoms with Crippen LogP contribution in [0.15, 0.2) is 37.5 Å². The summed E-state index contributed by atoms with van der Waals surface area (Å²) in [4.78, 5) is 33.5. The monoisotopic (exact) mass is 238 g/mol. The standard InChI is InChI=1S/C8H10N2O3.C4H6.H2/c1-6(11)9-4-5-10-7(12)2-3-8(10)13;1-3-4-2;/h2-3H,4-5H2,1H3,(H,9,11);3-4H,1-2H2;1H. The maximum atomic E-state index is 11.0. The first-order valence-electron chi connectivity index (χ1n) is 5.04. The third-order valence-corrected chi connectivity index (χ3v) is 1.78. The van der Waals surface area contributed by atoms with E-state index in [1.54, 1.807) is 12.2 Å². The molecule has 0 saturated carbocycles. The van der Waals surface area contributed by atoms with Crippen LogP contribution in [0, 0.1) is 0 Å². The van der Waals surface area contributed by atoms with Crippen LogP contribution in [0.25, 0.3) is 0 Å². The van der Waals surface area contributed by atoms with Gasteiger partial charge in [-0.2, -0.15) is 0 Å². The van der Waals surface area contributed by atoms with Crippen molar-refractivity contribution in [2.75, 3.05) is 13.1 Å². The second kappa shape index (κ2) is 8.04. The molecule has 0 radical (unpaired) electrons. The molecule has 1 aliphatic rings. The van der Waals surface area contributed by atoms with Crippen molar-refractivity contribution >= 4 is 17.7 Å². The molecular formula is C12H18N2O3. The lowest BCUT2D eigenvalue weighted by molar-refractivity contribution is -0.137. The van der Waals surface area contributed by atoms with E-state index in [1.807, 2.05) is 0 Å². The predicted octanol–water partition coefficient (Wildman–Crippen LogP) is 0.652. The van der Waals surface area contributed by atoms with Gasteiger partial charge in [0, 0.05) is 33.6 Å². The SMILES string of the molecule is C=CC=C.CC(=O)NCCN1C(=O)C=CC1=O.[HH]. The van der Waals surface area contributed by atoms with Gasteiger partial charge in [0.15, 0.2) is 0 Å². The van der Waals surface area contributed by atoms with Gasteiger partial charge < -0.3 is 5.32 Å². The molecule has 17 heavy (non-hydrogen) atoms. The lowest BCUT2D eigenvalue weighted by Gasteiger charge is -2.13. The number of imide groups is 1. The fourth-order valence-corrected chi connectivity index (χ4v) is 0.995. The first-order valence-corrected chi connectivity index (χ1v) is 5.04. The van der Waals surface area contributed by atoms with Gasteiger partial charge in [-0.05, 0) is 0 Å². The van der Waals surface area contributed by atoms with Gasteiger partial charge in [-0.25, -0.2) is 0 Å². The number of nitrogens with one attached hydrogen (secondary N) is 1. The summed E-state index contributed by atoms with van der Waals surface area (Å²) in [5.74, 6) is -0.822. The zero-order valence-corrected chi connectivity index (χ0v) is 9.81. The molecule has 0 unspecified atom stereocenters. The number of carbonyl (C=O) groups is 3. The summed E-state index contributed by atoms with van der Waals surface area (Å²) < 4.78 is 0. The first-order chi connectivity index (χ1) is 8.02. The van der Waals surface area contributed by atoms with Gasteiger partial charge in [0.25, 0.3) is 11.8 Å². The van der Waals surface area contributed by atoms with E-state index in [0.29, 0.717) is 6.54 Å². The van der Waals surface area contributed by atoms with Gasteiger partial charge in [-0.3, -0.25) is 19.3 Å². The minimum atomic E-state index is -0.324. The quantitative estimate of drug-likeness (QED) is 0.577. The van der Waals surface area contributed by atoms with Crippen LogP contribution in [0.1, 0.15) is 8.35 Å². The highest BCUT2D eigenvalue weighted by atomic mass is 16.2.